The highest BCUT2D eigenvalue weighted by atomic mass is 19.2. The topological polar surface area (TPSA) is 35.5 Å². The third kappa shape index (κ3) is 3.08. The molecule has 0 unspecified atom stereocenters. The molecule has 0 aromatic heterocycles. The monoisotopic (exact) mass is 242 g/mol. The summed E-state index contributed by atoms with van der Waals surface area (Å²) in [6, 6.07) is 3.14. The van der Waals surface area contributed by atoms with Gasteiger partial charge in [-0.1, -0.05) is 0 Å². The standard InChI is InChI=1S/C12H12F2O3/c13-9-2-1-8(7-10(9)14)11(15)3-4-12-16-5-6-17-12/h1-2,7,12H,3-6H2. The van der Waals surface area contributed by atoms with Crippen LogP contribution in [0.4, 0.5) is 8.78 Å². The number of Topliss-reactive ketones (excluding diaryl/α,β-unsaturated/α-hetero) is 1. The predicted octanol–water partition coefficient (Wildman–Crippen LogP) is 2.30. The van der Waals surface area contributed by atoms with Crippen molar-refractivity contribution in [1.29, 1.82) is 0 Å². The molecule has 0 spiro atoms. The van der Waals surface area contributed by atoms with Gasteiger partial charge in [0, 0.05) is 18.4 Å². The summed E-state index contributed by atoms with van der Waals surface area (Å²) in [7, 11) is 0. The third-order valence-corrected chi connectivity index (χ3v) is 2.54. The first-order valence-corrected chi connectivity index (χ1v) is 5.38. The molecular weight excluding hydrogens is 230 g/mol. The molecule has 5 heteroatoms. The molecular formula is C12H12F2O3. The van der Waals surface area contributed by atoms with Crippen LogP contribution in [0, 0.1) is 11.6 Å². The van der Waals surface area contributed by atoms with E-state index in [0.29, 0.717) is 19.6 Å². The average Bonchev–Trinajstić information content (AvgIpc) is 2.82. The fourth-order valence-electron chi connectivity index (χ4n) is 1.64. The largest absolute Gasteiger partial charge is 0.350 e. The Bertz CT molecular complexity index is 414. The SMILES string of the molecule is O=C(CCC1OCCO1)c1ccc(F)c(F)c1. The van der Waals surface area contributed by atoms with Gasteiger partial charge in [-0.3, -0.25) is 4.79 Å². The zero-order valence-corrected chi connectivity index (χ0v) is 9.12. The van der Waals surface area contributed by atoms with Gasteiger partial charge in [0.2, 0.25) is 0 Å². The molecule has 0 saturated carbocycles. The van der Waals surface area contributed by atoms with E-state index in [1.54, 1.807) is 0 Å². The molecule has 0 aliphatic carbocycles. The minimum absolute atomic E-state index is 0.168. The van der Waals surface area contributed by atoms with Crippen LogP contribution < -0.4 is 0 Å². The van der Waals surface area contributed by atoms with Gasteiger partial charge in [-0.15, -0.1) is 0 Å². The van der Waals surface area contributed by atoms with E-state index in [1.165, 1.54) is 6.07 Å². The first kappa shape index (κ1) is 12.1. The summed E-state index contributed by atoms with van der Waals surface area (Å²) >= 11 is 0. The Morgan fingerprint density at radius 1 is 1.24 bits per heavy atom. The fraction of sp³-hybridized carbons (Fsp3) is 0.417. The van der Waals surface area contributed by atoms with E-state index in [-0.39, 0.29) is 24.1 Å². The van der Waals surface area contributed by atoms with Gasteiger partial charge in [-0.05, 0) is 18.2 Å². The number of carbonyl (C=O) groups excluding carboxylic acids is 1. The quantitative estimate of drug-likeness (QED) is 0.760. The summed E-state index contributed by atoms with van der Waals surface area (Å²) in [5, 5.41) is 0. The maximum Gasteiger partial charge on any atom is 0.163 e. The summed E-state index contributed by atoms with van der Waals surface area (Å²) in [5.41, 5.74) is 0.168. The first-order chi connectivity index (χ1) is 8.16. The van der Waals surface area contributed by atoms with E-state index in [9.17, 15) is 13.6 Å². The molecule has 1 aliphatic heterocycles. The molecule has 1 saturated heterocycles. The zero-order chi connectivity index (χ0) is 12.3. The van der Waals surface area contributed by atoms with Crippen molar-refractivity contribution in [3.8, 4) is 0 Å². The number of carbonyl (C=O) groups is 1. The van der Waals surface area contributed by atoms with E-state index < -0.39 is 11.6 Å². The van der Waals surface area contributed by atoms with Crippen molar-refractivity contribution in [3.63, 3.8) is 0 Å². The van der Waals surface area contributed by atoms with Gasteiger partial charge in [0.15, 0.2) is 23.7 Å². The van der Waals surface area contributed by atoms with Crippen LogP contribution in [0.5, 0.6) is 0 Å². The van der Waals surface area contributed by atoms with Crippen LogP contribution in [0.1, 0.15) is 23.2 Å². The molecule has 0 atom stereocenters. The Labute approximate surface area is 97.3 Å². The number of hydrogen-bond acceptors (Lipinski definition) is 3. The van der Waals surface area contributed by atoms with Gasteiger partial charge in [0.1, 0.15) is 0 Å². The predicted molar refractivity (Wildman–Crippen MR) is 55.6 cm³/mol. The molecule has 3 nitrogen and oxygen atoms in total. The number of hydrogen-bond donors (Lipinski definition) is 0. The van der Waals surface area contributed by atoms with E-state index in [4.69, 9.17) is 9.47 Å². The van der Waals surface area contributed by atoms with Gasteiger partial charge >= 0.3 is 0 Å². The fourth-order valence-corrected chi connectivity index (χ4v) is 1.64. The third-order valence-electron chi connectivity index (χ3n) is 2.54. The van der Waals surface area contributed by atoms with Gasteiger partial charge in [0.05, 0.1) is 13.2 Å². The number of benzene rings is 1. The van der Waals surface area contributed by atoms with E-state index in [2.05, 4.69) is 0 Å². The lowest BCUT2D eigenvalue weighted by molar-refractivity contribution is -0.0464. The minimum Gasteiger partial charge on any atom is -0.350 e. The Hall–Kier alpha value is -1.33. The van der Waals surface area contributed by atoms with Crippen LogP contribution in [0.25, 0.3) is 0 Å². The lowest BCUT2D eigenvalue weighted by atomic mass is 10.1. The Morgan fingerprint density at radius 3 is 2.59 bits per heavy atom. The van der Waals surface area contributed by atoms with Crippen molar-refractivity contribution < 1.29 is 23.0 Å². The Morgan fingerprint density at radius 2 is 1.94 bits per heavy atom. The van der Waals surface area contributed by atoms with Crippen LogP contribution >= 0.6 is 0 Å². The van der Waals surface area contributed by atoms with Crippen molar-refractivity contribution in [3.05, 3.63) is 35.4 Å². The van der Waals surface area contributed by atoms with Crippen molar-refractivity contribution in [2.24, 2.45) is 0 Å². The summed E-state index contributed by atoms with van der Waals surface area (Å²) in [6.45, 7) is 1.06. The number of rotatable bonds is 4. The maximum absolute atomic E-state index is 12.9. The minimum atomic E-state index is -1.01. The number of ketones is 1. The molecule has 1 aromatic carbocycles. The van der Waals surface area contributed by atoms with E-state index in [0.717, 1.165) is 12.1 Å². The number of halogens is 2. The highest BCUT2D eigenvalue weighted by molar-refractivity contribution is 5.96. The molecule has 1 aromatic rings. The summed E-state index contributed by atoms with van der Waals surface area (Å²) < 4.78 is 35.9. The average molecular weight is 242 g/mol. The Balaban J connectivity index is 1.92. The second-order valence-corrected chi connectivity index (χ2v) is 3.76. The van der Waals surface area contributed by atoms with Crippen LogP contribution in [-0.2, 0) is 9.47 Å². The number of ether oxygens (including phenoxy) is 2. The maximum atomic E-state index is 12.9. The second-order valence-electron chi connectivity index (χ2n) is 3.76. The molecule has 92 valence electrons. The highest BCUT2D eigenvalue weighted by Crippen LogP contribution is 2.15. The highest BCUT2D eigenvalue weighted by Gasteiger charge is 2.18. The zero-order valence-electron chi connectivity index (χ0n) is 9.12. The lowest BCUT2D eigenvalue weighted by Crippen LogP contribution is -2.11. The molecule has 0 bridgehead atoms. The molecule has 0 N–H and O–H groups in total. The summed E-state index contributed by atoms with van der Waals surface area (Å²) in [5.74, 6) is -2.21. The van der Waals surface area contributed by atoms with Crippen molar-refractivity contribution in [1.82, 2.24) is 0 Å². The molecule has 1 aliphatic rings. The first-order valence-electron chi connectivity index (χ1n) is 5.38. The summed E-state index contributed by atoms with van der Waals surface area (Å²) in [4.78, 5) is 11.7. The van der Waals surface area contributed by atoms with Crippen LogP contribution in [0.2, 0.25) is 0 Å². The van der Waals surface area contributed by atoms with Crippen LogP contribution in [0.15, 0.2) is 18.2 Å². The smallest absolute Gasteiger partial charge is 0.163 e. The van der Waals surface area contributed by atoms with Gasteiger partial charge in [-0.25, -0.2) is 8.78 Å². The van der Waals surface area contributed by atoms with E-state index in [1.807, 2.05) is 0 Å². The van der Waals surface area contributed by atoms with Crippen molar-refractivity contribution in [2.75, 3.05) is 13.2 Å². The van der Waals surface area contributed by atoms with Crippen LogP contribution in [-0.4, -0.2) is 25.3 Å². The molecule has 1 heterocycles. The molecule has 1 fully saturated rings. The molecule has 0 amide bonds. The van der Waals surface area contributed by atoms with Gasteiger partial charge < -0.3 is 9.47 Å². The molecule has 0 radical (unpaired) electrons. The van der Waals surface area contributed by atoms with Gasteiger partial charge in [-0.2, -0.15) is 0 Å². The summed E-state index contributed by atoms with van der Waals surface area (Å²) in [6.07, 6.45) is 0.261. The van der Waals surface area contributed by atoms with Crippen LogP contribution in [0.3, 0.4) is 0 Å². The second kappa shape index (κ2) is 5.33. The van der Waals surface area contributed by atoms with Crippen molar-refractivity contribution in [2.45, 2.75) is 19.1 Å². The normalized spacial score (nSPS) is 16.4. The molecule has 2 rings (SSSR count). The van der Waals surface area contributed by atoms with Crippen molar-refractivity contribution >= 4 is 5.78 Å². The van der Waals surface area contributed by atoms with E-state index >= 15 is 0 Å². The Kier molecular flexibility index (Phi) is 3.81. The van der Waals surface area contributed by atoms with Gasteiger partial charge in [0.25, 0.3) is 0 Å². The lowest BCUT2D eigenvalue weighted by Gasteiger charge is -2.07. The molecule has 17 heavy (non-hydrogen) atoms.